The van der Waals surface area contributed by atoms with Crippen LogP contribution in [0.15, 0.2) is 12.7 Å². The molecule has 106 valence electrons. The van der Waals surface area contributed by atoms with Crippen molar-refractivity contribution in [3.63, 3.8) is 0 Å². The summed E-state index contributed by atoms with van der Waals surface area (Å²) >= 11 is 7.17. The number of aryl methyl sites for hydroxylation is 1. The summed E-state index contributed by atoms with van der Waals surface area (Å²) < 4.78 is 5.04. The molecule has 2 aromatic rings. The Labute approximate surface area is 125 Å². The number of esters is 1. The average molecular weight is 312 g/mol. The lowest BCUT2D eigenvalue weighted by molar-refractivity contribution is 0.0531. The highest BCUT2D eigenvalue weighted by atomic mass is 35.5. The van der Waals surface area contributed by atoms with Crippen LogP contribution in [-0.2, 0) is 4.74 Å². The lowest BCUT2D eigenvalue weighted by Crippen LogP contribution is -2.04. The van der Waals surface area contributed by atoms with Crippen LogP contribution in [0.3, 0.4) is 0 Å². The van der Waals surface area contributed by atoms with Gasteiger partial charge in [0.1, 0.15) is 15.5 Å². The average Bonchev–Trinajstić information content (AvgIpc) is 2.73. The van der Waals surface area contributed by atoms with Gasteiger partial charge in [-0.3, -0.25) is 0 Å². The van der Waals surface area contributed by atoms with Crippen molar-refractivity contribution in [2.75, 3.05) is 18.5 Å². The highest BCUT2D eigenvalue weighted by Crippen LogP contribution is 2.34. The predicted molar refractivity (Wildman–Crippen MR) is 81.8 cm³/mol. The lowest BCUT2D eigenvalue weighted by atomic mass is 10.2. The Balaban J connectivity index is 2.57. The number of carbonyl (C=O) groups is 1. The summed E-state index contributed by atoms with van der Waals surface area (Å²) in [6.45, 7) is 8.15. The third kappa shape index (κ3) is 2.76. The molecular weight excluding hydrogens is 298 g/mol. The molecule has 0 unspecified atom stereocenters. The van der Waals surface area contributed by atoms with Crippen LogP contribution in [0.5, 0.6) is 0 Å². The largest absolute Gasteiger partial charge is 0.462 e. The van der Waals surface area contributed by atoms with E-state index in [1.165, 1.54) is 11.3 Å². The number of thiophene rings is 1. The van der Waals surface area contributed by atoms with E-state index in [0.29, 0.717) is 28.7 Å². The van der Waals surface area contributed by atoms with Crippen molar-refractivity contribution in [1.29, 1.82) is 0 Å². The molecule has 2 rings (SSSR count). The second-order valence-corrected chi connectivity index (χ2v) is 5.30. The van der Waals surface area contributed by atoms with Gasteiger partial charge in [0.05, 0.1) is 12.0 Å². The van der Waals surface area contributed by atoms with E-state index in [4.69, 9.17) is 16.3 Å². The number of rotatable bonds is 5. The Hall–Kier alpha value is -1.66. The maximum atomic E-state index is 11.9. The molecule has 2 heterocycles. The second-order valence-electron chi connectivity index (χ2n) is 3.97. The normalized spacial score (nSPS) is 10.6. The van der Waals surface area contributed by atoms with Gasteiger partial charge in [0.15, 0.2) is 0 Å². The highest BCUT2D eigenvalue weighted by Gasteiger charge is 2.20. The van der Waals surface area contributed by atoms with Crippen molar-refractivity contribution < 1.29 is 9.53 Å². The van der Waals surface area contributed by atoms with Crippen molar-refractivity contribution in [2.24, 2.45) is 0 Å². The first-order chi connectivity index (χ1) is 9.58. The third-order valence-electron chi connectivity index (χ3n) is 2.64. The molecule has 0 aliphatic carbocycles. The van der Waals surface area contributed by atoms with E-state index in [-0.39, 0.29) is 11.3 Å². The molecule has 0 aromatic carbocycles. The lowest BCUT2D eigenvalue weighted by Gasteiger charge is -2.05. The first-order valence-corrected chi connectivity index (χ1v) is 7.26. The summed E-state index contributed by atoms with van der Waals surface area (Å²) in [6, 6.07) is 0. The Morgan fingerprint density at radius 2 is 2.30 bits per heavy atom. The minimum Gasteiger partial charge on any atom is -0.462 e. The maximum absolute atomic E-state index is 11.9. The van der Waals surface area contributed by atoms with Gasteiger partial charge in [-0.05, 0) is 31.0 Å². The fraction of sp³-hybridized carbons (Fsp3) is 0.308. The minimum atomic E-state index is -0.348. The number of aromatic nitrogens is 2. The number of anilines is 1. The molecule has 0 bridgehead atoms. The van der Waals surface area contributed by atoms with E-state index < -0.39 is 0 Å². The molecule has 0 aliphatic rings. The van der Waals surface area contributed by atoms with Crippen LogP contribution in [0.2, 0.25) is 5.28 Å². The SMILES string of the molecule is C=CCNc1nc(Cl)nc2sc(C(=O)OCC)c(C)c12. The molecule has 0 fully saturated rings. The molecule has 2 aromatic heterocycles. The van der Waals surface area contributed by atoms with Crippen LogP contribution in [0.4, 0.5) is 5.82 Å². The van der Waals surface area contributed by atoms with Crippen LogP contribution in [0.25, 0.3) is 10.2 Å². The molecule has 0 aliphatic heterocycles. The van der Waals surface area contributed by atoms with E-state index in [1.807, 2.05) is 6.92 Å². The molecule has 0 atom stereocenters. The molecule has 0 saturated carbocycles. The molecule has 20 heavy (non-hydrogen) atoms. The van der Waals surface area contributed by atoms with Crippen molar-refractivity contribution in [3.8, 4) is 0 Å². The fourth-order valence-corrected chi connectivity index (χ4v) is 3.09. The number of halogens is 1. The molecule has 0 radical (unpaired) electrons. The first kappa shape index (κ1) is 14.7. The minimum absolute atomic E-state index is 0.140. The van der Waals surface area contributed by atoms with Crippen molar-refractivity contribution >= 4 is 44.9 Å². The molecule has 1 N–H and O–H groups in total. The van der Waals surface area contributed by atoms with E-state index in [0.717, 1.165) is 10.9 Å². The standard InChI is InChI=1S/C13H14ClN3O2S/c1-4-6-15-10-8-7(3)9(12(18)19-5-2)20-11(8)17-13(14)16-10/h4H,1,5-6H2,2-3H3,(H,15,16,17). The van der Waals surface area contributed by atoms with Gasteiger partial charge < -0.3 is 10.1 Å². The zero-order valence-corrected chi connectivity index (χ0v) is 12.8. The Kier molecular flexibility index (Phi) is 4.57. The second kappa shape index (κ2) is 6.19. The first-order valence-electron chi connectivity index (χ1n) is 6.07. The van der Waals surface area contributed by atoms with Gasteiger partial charge in [0.25, 0.3) is 0 Å². The number of fused-ring (bicyclic) bond motifs is 1. The van der Waals surface area contributed by atoms with Crippen LogP contribution in [-0.4, -0.2) is 29.1 Å². The molecule has 0 saturated heterocycles. The number of ether oxygens (including phenoxy) is 1. The van der Waals surface area contributed by atoms with Gasteiger partial charge in [-0.15, -0.1) is 17.9 Å². The number of nitrogens with zero attached hydrogens (tertiary/aromatic N) is 2. The number of nitrogens with one attached hydrogen (secondary N) is 1. The summed E-state index contributed by atoms with van der Waals surface area (Å²) in [4.78, 5) is 21.4. The zero-order chi connectivity index (χ0) is 14.7. The Morgan fingerprint density at radius 1 is 1.55 bits per heavy atom. The van der Waals surface area contributed by atoms with E-state index >= 15 is 0 Å². The summed E-state index contributed by atoms with van der Waals surface area (Å²) in [5.41, 5.74) is 0.798. The van der Waals surface area contributed by atoms with E-state index in [1.54, 1.807) is 13.0 Å². The summed E-state index contributed by atoms with van der Waals surface area (Å²) in [5.74, 6) is 0.253. The number of hydrogen-bond donors (Lipinski definition) is 1. The van der Waals surface area contributed by atoms with Crippen LogP contribution >= 0.6 is 22.9 Å². The van der Waals surface area contributed by atoms with Gasteiger partial charge in [0.2, 0.25) is 5.28 Å². The van der Waals surface area contributed by atoms with Crippen LogP contribution < -0.4 is 5.32 Å². The van der Waals surface area contributed by atoms with Crippen molar-refractivity contribution in [3.05, 3.63) is 28.4 Å². The third-order valence-corrected chi connectivity index (χ3v) is 3.97. The van der Waals surface area contributed by atoms with Crippen LogP contribution in [0.1, 0.15) is 22.2 Å². The van der Waals surface area contributed by atoms with Crippen molar-refractivity contribution in [2.45, 2.75) is 13.8 Å². The van der Waals surface area contributed by atoms with Gasteiger partial charge >= 0.3 is 5.97 Å². The molecular formula is C13H14ClN3O2S. The van der Waals surface area contributed by atoms with Crippen LogP contribution in [0, 0.1) is 6.92 Å². The number of hydrogen-bond acceptors (Lipinski definition) is 6. The van der Waals surface area contributed by atoms with Gasteiger partial charge in [-0.1, -0.05) is 6.08 Å². The highest BCUT2D eigenvalue weighted by molar-refractivity contribution is 7.20. The van der Waals surface area contributed by atoms with Crippen molar-refractivity contribution in [1.82, 2.24) is 9.97 Å². The zero-order valence-electron chi connectivity index (χ0n) is 11.2. The maximum Gasteiger partial charge on any atom is 0.348 e. The monoisotopic (exact) mass is 311 g/mol. The molecule has 0 spiro atoms. The summed E-state index contributed by atoms with van der Waals surface area (Å²) in [5, 5.41) is 4.04. The number of carbonyl (C=O) groups excluding carboxylic acids is 1. The quantitative estimate of drug-likeness (QED) is 0.520. The predicted octanol–water partition coefficient (Wildman–Crippen LogP) is 3.43. The van der Waals surface area contributed by atoms with Gasteiger partial charge in [-0.2, -0.15) is 0 Å². The van der Waals surface area contributed by atoms with Gasteiger partial charge in [0, 0.05) is 6.54 Å². The van der Waals surface area contributed by atoms with Gasteiger partial charge in [-0.25, -0.2) is 14.8 Å². The van der Waals surface area contributed by atoms with E-state index in [2.05, 4.69) is 21.9 Å². The summed E-state index contributed by atoms with van der Waals surface area (Å²) in [6.07, 6.45) is 1.72. The smallest absolute Gasteiger partial charge is 0.348 e. The molecule has 5 nitrogen and oxygen atoms in total. The molecule has 7 heteroatoms. The van der Waals surface area contributed by atoms with E-state index in [9.17, 15) is 4.79 Å². The Morgan fingerprint density at radius 3 is 2.95 bits per heavy atom. The molecule has 0 amide bonds. The topological polar surface area (TPSA) is 64.1 Å². The summed E-state index contributed by atoms with van der Waals surface area (Å²) in [7, 11) is 0. The fourth-order valence-electron chi connectivity index (χ4n) is 1.80. The Bertz CT molecular complexity index is 669.